The molecule has 0 atom stereocenters. The molecule has 1 fully saturated rings. The van der Waals surface area contributed by atoms with Gasteiger partial charge >= 0.3 is 12.0 Å². The van der Waals surface area contributed by atoms with Gasteiger partial charge < -0.3 is 15.7 Å². The summed E-state index contributed by atoms with van der Waals surface area (Å²) in [6.45, 7) is 3.13. The average molecular weight is 382 g/mol. The van der Waals surface area contributed by atoms with E-state index in [1.807, 2.05) is 54.3 Å². The third-order valence-corrected chi connectivity index (χ3v) is 5.05. The van der Waals surface area contributed by atoms with Crippen LogP contribution in [0.5, 0.6) is 0 Å². The predicted molar refractivity (Wildman–Crippen MR) is 107 cm³/mol. The average Bonchev–Trinajstić information content (AvgIpc) is 2.68. The number of carbonyl (C=O) groups excluding carboxylic acids is 1. The fourth-order valence-electron chi connectivity index (χ4n) is 3.47. The van der Waals surface area contributed by atoms with Crippen LogP contribution in [0.1, 0.15) is 25.3 Å². The first-order chi connectivity index (χ1) is 13.5. The Hall–Kier alpha value is -2.93. The summed E-state index contributed by atoms with van der Waals surface area (Å²) < 4.78 is 0. The molecule has 1 aromatic carbocycles. The Labute approximate surface area is 164 Å². The highest BCUT2D eigenvalue weighted by Gasteiger charge is 2.34. The Bertz CT molecular complexity index is 806. The molecule has 0 spiro atoms. The zero-order chi connectivity index (χ0) is 19.9. The number of aromatic nitrogens is 1. The molecule has 148 valence electrons. The molecule has 0 radical (unpaired) electrons. The number of rotatable bonds is 8. The van der Waals surface area contributed by atoms with Crippen LogP contribution >= 0.6 is 0 Å². The number of benzene rings is 1. The van der Waals surface area contributed by atoms with E-state index in [0.717, 1.165) is 29.7 Å². The molecular formula is C21H26N4O3. The number of carboxylic acid groups (broad SMARTS) is 1. The lowest BCUT2D eigenvalue weighted by atomic mass is 9.85. The number of nitrogens with zero attached hydrogens (tertiary/aromatic N) is 2. The summed E-state index contributed by atoms with van der Waals surface area (Å²) >= 11 is 0. The summed E-state index contributed by atoms with van der Waals surface area (Å²) in [5.41, 5.74) is 2.92. The van der Waals surface area contributed by atoms with E-state index in [2.05, 4.69) is 15.6 Å². The minimum atomic E-state index is -0.816. The lowest BCUT2D eigenvalue weighted by Gasteiger charge is -2.42. The smallest absolute Gasteiger partial charge is 0.317 e. The van der Waals surface area contributed by atoms with Crippen LogP contribution in [0.15, 0.2) is 48.7 Å². The van der Waals surface area contributed by atoms with Gasteiger partial charge in [0, 0.05) is 30.4 Å². The van der Waals surface area contributed by atoms with Gasteiger partial charge in [-0.1, -0.05) is 31.2 Å². The quantitative estimate of drug-likeness (QED) is 0.652. The maximum Gasteiger partial charge on any atom is 0.317 e. The number of pyridine rings is 1. The van der Waals surface area contributed by atoms with E-state index in [1.54, 1.807) is 6.20 Å². The van der Waals surface area contributed by atoms with Crippen LogP contribution in [-0.2, 0) is 11.3 Å². The number of hydrogen-bond acceptors (Lipinski definition) is 4. The molecule has 0 saturated heterocycles. The monoisotopic (exact) mass is 382 g/mol. The van der Waals surface area contributed by atoms with Gasteiger partial charge in [-0.2, -0.15) is 0 Å². The second-order valence-electron chi connectivity index (χ2n) is 7.02. The SMILES string of the molecule is CCN(CC(=O)O)C1CC(NC(=O)NCc2cccc(-c3ccccn3)c2)C1. The highest BCUT2D eigenvalue weighted by atomic mass is 16.4. The van der Waals surface area contributed by atoms with E-state index in [1.165, 1.54) is 0 Å². The van der Waals surface area contributed by atoms with Crippen LogP contribution in [0.25, 0.3) is 11.3 Å². The lowest BCUT2D eigenvalue weighted by Crippen LogP contribution is -2.56. The Balaban J connectivity index is 1.44. The van der Waals surface area contributed by atoms with Crippen LogP contribution in [0.2, 0.25) is 0 Å². The topological polar surface area (TPSA) is 94.6 Å². The van der Waals surface area contributed by atoms with Crippen molar-refractivity contribution in [1.29, 1.82) is 0 Å². The molecule has 0 aliphatic heterocycles. The predicted octanol–water partition coefficient (Wildman–Crippen LogP) is 2.49. The molecule has 1 saturated carbocycles. The Morgan fingerprint density at radius 2 is 2.04 bits per heavy atom. The van der Waals surface area contributed by atoms with Crippen molar-refractivity contribution >= 4 is 12.0 Å². The fraction of sp³-hybridized carbons (Fsp3) is 0.381. The van der Waals surface area contributed by atoms with Gasteiger partial charge in [0.15, 0.2) is 0 Å². The number of urea groups is 1. The third-order valence-electron chi connectivity index (χ3n) is 5.05. The van der Waals surface area contributed by atoms with E-state index in [0.29, 0.717) is 13.1 Å². The minimum absolute atomic E-state index is 0.0483. The standard InChI is InChI=1S/C21H26N4O3/c1-2-25(14-20(26)27)18-11-17(12-18)24-21(28)23-13-15-6-5-7-16(10-15)19-8-3-4-9-22-19/h3-10,17-18H,2,11-14H2,1H3,(H,26,27)(H2,23,24,28). The van der Waals surface area contributed by atoms with E-state index in [4.69, 9.17) is 5.11 Å². The van der Waals surface area contributed by atoms with E-state index in [-0.39, 0.29) is 24.7 Å². The first kappa shape index (κ1) is 19.8. The molecule has 3 N–H and O–H groups in total. The third kappa shape index (κ3) is 5.29. The minimum Gasteiger partial charge on any atom is -0.480 e. The van der Waals surface area contributed by atoms with Crippen LogP contribution in [0, 0.1) is 0 Å². The number of nitrogens with one attached hydrogen (secondary N) is 2. The summed E-state index contributed by atoms with van der Waals surface area (Å²) in [6, 6.07) is 13.8. The van der Waals surface area contributed by atoms with E-state index >= 15 is 0 Å². The first-order valence-corrected chi connectivity index (χ1v) is 9.55. The highest BCUT2D eigenvalue weighted by molar-refractivity contribution is 5.74. The highest BCUT2D eigenvalue weighted by Crippen LogP contribution is 2.25. The van der Waals surface area contributed by atoms with Crippen molar-refractivity contribution in [2.24, 2.45) is 0 Å². The van der Waals surface area contributed by atoms with Crippen LogP contribution in [-0.4, -0.2) is 52.2 Å². The van der Waals surface area contributed by atoms with Crippen molar-refractivity contribution < 1.29 is 14.7 Å². The van der Waals surface area contributed by atoms with Gasteiger partial charge in [0.25, 0.3) is 0 Å². The molecule has 1 aromatic heterocycles. The Morgan fingerprint density at radius 3 is 2.71 bits per heavy atom. The molecule has 1 aliphatic carbocycles. The summed E-state index contributed by atoms with van der Waals surface area (Å²) in [5.74, 6) is -0.816. The summed E-state index contributed by atoms with van der Waals surface area (Å²) in [4.78, 5) is 29.3. The van der Waals surface area contributed by atoms with Crippen molar-refractivity contribution in [3.05, 3.63) is 54.2 Å². The maximum absolute atomic E-state index is 12.2. The molecule has 7 heteroatoms. The van der Waals surface area contributed by atoms with E-state index in [9.17, 15) is 9.59 Å². The lowest BCUT2D eigenvalue weighted by molar-refractivity contribution is -0.139. The molecule has 3 rings (SSSR count). The van der Waals surface area contributed by atoms with E-state index < -0.39 is 5.97 Å². The molecule has 1 heterocycles. The van der Waals surface area contributed by atoms with Gasteiger partial charge in [0.05, 0.1) is 12.2 Å². The van der Waals surface area contributed by atoms with Gasteiger partial charge in [-0.05, 0) is 43.1 Å². The van der Waals surface area contributed by atoms with Crippen molar-refractivity contribution in [3.8, 4) is 11.3 Å². The largest absolute Gasteiger partial charge is 0.480 e. The summed E-state index contributed by atoms with van der Waals surface area (Å²) in [6.07, 6.45) is 3.32. The van der Waals surface area contributed by atoms with Gasteiger partial charge in [0.2, 0.25) is 0 Å². The van der Waals surface area contributed by atoms with Crippen molar-refractivity contribution in [2.45, 2.75) is 38.4 Å². The molecule has 28 heavy (non-hydrogen) atoms. The summed E-state index contributed by atoms with van der Waals surface area (Å²) in [7, 11) is 0. The van der Waals surface area contributed by atoms with Gasteiger partial charge in [-0.25, -0.2) is 4.79 Å². The number of carboxylic acids is 1. The molecule has 0 bridgehead atoms. The molecule has 7 nitrogen and oxygen atoms in total. The van der Waals surface area contributed by atoms with Crippen molar-refractivity contribution in [3.63, 3.8) is 0 Å². The number of amides is 2. The zero-order valence-corrected chi connectivity index (χ0v) is 16.0. The molecular weight excluding hydrogens is 356 g/mol. The molecule has 0 unspecified atom stereocenters. The molecule has 2 aromatic rings. The Morgan fingerprint density at radius 1 is 1.21 bits per heavy atom. The Kier molecular flexibility index (Phi) is 6.60. The number of likely N-dealkylation sites (N-methyl/N-ethyl adjacent to an activating group) is 1. The first-order valence-electron chi connectivity index (χ1n) is 9.55. The number of carbonyl (C=O) groups is 2. The van der Waals surface area contributed by atoms with Gasteiger partial charge in [0.1, 0.15) is 0 Å². The van der Waals surface area contributed by atoms with Crippen LogP contribution in [0.4, 0.5) is 4.79 Å². The summed E-state index contributed by atoms with van der Waals surface area (Å²) in [5, 5.41) is 14.8. The van der Waals surface area contributed by atoms with Crippen molar-refractivity contribution in [2.75, 3.05) is 13.1 Å². The van der Waals surface area contributed by atoms with Crippen LogP contribution < -0.4 is 10.6 Å². The number of hydrogen-bond donors (Lipinski definition) is 3. The maximum atomic E-state index is 12.2. The van der Waals surface area contributed by atoms with Crippen LogP contribution in [0.3, 0.4) is 0 Å². The van der Waals surface area contributed by atoms with Gasteiger partial charge in [-0.3, -0.25) is 14.7 Å². The molecule has 1 aliphatic rings. The second kappa shape index (κ2) is 9.32. The fourth-order valence-corrected chi connectivity index (χ4v) is 3.47. The van der Waals surface area contributed by atoms with Crippen molar-refractivity contribution in [1.82, 2.24) is 20.5 Å². The van der Waals surface area contributed by atoms with Gasteiger partial charge in [-0.15, -0.1) is 0 Å². The number of aliphatic carboxylic acids is 1. The normalized spacial score (nSPS) is 18.4. The second-order valence-corrected chi connectivity index (χ2v) is 7.02. The molecule has 2 amide bonds. The zero-order valence-electron chi connectivity index (χ0n) is 16.0.